The van der Waals surface area contributed by atoms with Crippen LogP contribution in [0.2, 0.25) is 0 Å². The van der Waals surface area contributed by atoms with Crippen molar-refractivity contribution in [2.75, 3.05) is 5.32 Å². The lowest BCUT2D eigenvalue weighted by Crippen LogP contribution is -2.30. The van der Waals surface area contributed by atoms with Crippen LogP contribution in [0.15, 0.2) is 83.5 Å². The lowest BCUT2D eigenvalue weighted by molar-refractivity contribution is -0.123. The molecule has 1 N–H and O–H groups in total. The number of amides is 3. The number of carbonyl (C=O) groups is 4. The van der Waals surface area contributed by atoms with E-state index in [-0.39, 0.29) is 23.2 Å². The molecule has 3 aromatic carbocycles. The summed E-state index contributed by atoms with van der Waals surface area (Å²) in [4.78, 5) is 51.7. The normalized spacial score (nSPS) is 13.6. The van der Waals surface area contributed by atoms with Crippen molar-refractivity contribution in [3.63, 3.8) is 0 Å². The van der Waals surface area contributed by atoms with Gasteiger partial charge in [0.2, 0.25) is 0 Å². The second-order valence-corrected chi connectivity index (χ2v) is 8.13. The summed E-state index contributed by atoms with van der Waals surface area (Å²) in [5, 5.41) is 4.75. The number of esters is 1. The van der Waals surface area contributed by atoms with E-state index in [4.69, 9.17) is 9.15 Å². The van der Waals surface area contributed by atoms with Crippen molar-refractivity contribution < 1.29 is 28.3 Å². The first-order valence-corrected chi connectivity index (χ1v) is 10.9. The number of anilines is 1. The molecule has 8 nitrogen and oxygen atoms in total. The van der Waals surface area contributed by atoms with E-state index in [1.807, 2.05) is 36.4 Å². The highest BCUT2D eigenvalue weighted by Gasteiger charge is 2.36. The molecule has 1 aromatic heterocycles. The van der Waals surface area contributed by atoms with E-state index < -0.39 is 29.8 Å². The maximum Gasteiger partial charge on any atom is 0.338 e. The van der Waals surface area contributed by atoms with E-state index in [0.717, 1.165) is 15.7 Å². The number of rotatable bonds is 6. The summed E-state index contributed by atoms with van der Waals surface area (Å²) in [6.07, 6.45) is 0.369. The molecule has 0 bridgehead atoms. The van der Waals surface area contributed by atoms with E-state index >= 15 is 0 Å². The van der Waals surface area contributed by atoms with Crippen LogP contribution < -0.4 is 5.32 Å². The van der Waals surface area contributed by atoms with Gasteiger partial charge in [0.25, 0.3) is 17.7 Å². The Morgan fingerprint density at radius 3 is 2.46 bits per heavy atom. The van der Waals surface area contributed by atoms with E-state index in [9.17, 15) is 19.2 Å². The third kappa shape index (κ3) is 4.29. The fraction of sp³-hybridized carbons (Fsp3) is 0.111. The second-order valence-electron chi connectivity index (χ2n) is 8.13. The Morgan fingerprint density at radius 2 is 1.69 bits per heavy atom. The number of benzene rings is 3. The summed E-state index contributed by atoms with van der Waals surface area (Å²) in [5.41, 5.74) is 0.939. The Bertz CT molecular complexity index is 1470. The smallest absolute Gasteiger partial charge is 0.338 e. The molecule has 0 aliphatic carbocycles. The third-order valence-electron chi connectivity index (χ3n) is 5.77. The Kier molecular flexibility index (Phi) is 5.62. The molecule has 0 saturated heterocycles. The molecule has 4 aromatic rings. The van der Waals surface area contributed by atoms with Gasteiger partial charge in [-0.1, -0.05) is 30.3 Å². The van der Waals surface area contributed by atoms with Gasteiger partial charge in [0.1, 0.15) is 5.76 Å². The zero-order valence-electron chi connectivity index (χ0n) is 18.7. The van der Waals surface area contributed by atoms with Crippen LogP contribution >= 0.6 is 0 Å². The molecule has 35 heavy (non-hydrogen) atoms. The monoisotopic (exact) mass is 468 g/mol. The number of carbonyl (C=O) groups excluding carboxylic acids is 4. The standard InChI is InChI=1S/C27H20N2O6/c1-16(24(30)28-20-10-8-17-5-2-3-6-18(17)13-20)35-27(33)19-9-11-22-23(14-19)26(32)29(25(22)31)15-21-7-4-12-34-21/h2-14,16H,15H2,1H3,(H,28,30). The van der Waals surface area contributed by atoms with E-state index in [1.54, 1.807) is 18.2 Å². The van der Waals surface area contributed by atoms with Crippen LogP contribution in [0.25, 0.3) is 10.8 Å². The molecule has 1 aliphatic rings. The molecular weight excluding hydrogens is 448 g/mol. The molecule has 0 saturated carbocycles. The Morgan fingerprint density at radius 1 is 0.914 bits per heavy atom. The van der Waals surface area contributed by atoms with Gasteiger partial charge >= 0.3 is 5.97 Å². The quantitative estimate of drug-likeness (QED) is 0.332. The lowest BCUT2D eigenvalue weighted by Gasteiger charge is -2.14. The van der Waals surface area contributed by atoms with Gasteiger partial charge in [-0.2, -0.15) is 0 Å². The van der Waals surface area contributed by atoms with Crippen molar-refractivity contribution in [2.24, 2.45) is 0 Å². The Hall–Kier alpha value is -4.72. The van der Waals surface area contributed by atoms with Crippen molar-refractivity contribution in [2.45, 2.75) is 19.6 Å². The molecule has 1 aliphatic heterocycles. The maximum absolute atomic E-state index is 12.8. The average Bonchev–Trinajstić information content (AvgIpc) is 3.46. The van der Waals surface area contributed by atoms with Crippen LogP contribution in [-0.2, 0) is 16.1 Å². The molecule has 5 rings (SSSR count). The minimum atomic E-state index is -1.09. The van der Waals surface area contributed by atoms with Gasteiger partial charge in [0.15, 0.2) is 6.10 Å². The molecule has 0 spiro atoms. The van der Waals surface area contributed by atoms with Gasteiger partial charge in [-0.3, -0.25) is 19.3 Å². The van der Waals surface area contributed by atoms with Gasteiger partial charge in [-0.25, -0.2) is 4.79 Å². The maximum atomic E-state index is 12.8. The molecule has 0 radical (unpaired) electrons. The molecule has 8 heteroatoms. The highest BCUT2D eigenvalue weighted by Crippen LogP contribution is 2.26. The third-order valence-corrected chi connectivity index (χ3v) is 5.77. The van der Waals surface area contributed by atoms with Gasteiger partial charge < -0.3 is 14.5 Å². The number of nitrogens with one attached hydrogen (secondary N) is 1. The SMILES string of the molecule is CC(OC(=O)c1ccc2c(c1)C(=O)N(Cc1ccco1)C2=O)C(=O)Nc1ccc2ccccc2c1. The molecular formula is C27H20N2O6. The largest absolute Gasteiger partial charge is 0.467 e. The summed E-state index contributed by atoms with van der Waals surface area (Å²) in [7, 11) is 0. The highest BCUT2D eigenvalue weighted by atomic mass is 16.5. The van der Waals surface area contributed by atoms with Crippen molar-refractivity contribution in [3.8, 4) is 0 Å². The number of ether oxygens (including phenoxy) is 1. The number of hydrogen-bond acceptors (Lipinski definition) is 6. The lowest BCUT2D eigenvalue weighted by atomic mass is 10.1. The van der Waals surface area contributed by atoms with Gasteiger partial charge in [0.05, 0.1) is 29.5 Å². The zero-order valence-corrected chi connectivity index (χ0v) is 18.7. The summed E-state index contributed by atoms with van der Waals surface area (Å²) < 4.78 is 10.5. The second kappa shape index (κ2) is 8.90. The number of imide groups is 1. The minimum absolute atomic E-state index is 0.00883. The van der Waals surface area contributed by atoms with E-state index in [2.05, 4.69) is 5.32 Å². The zero-order chi connectivity index (χ0) is 24.5. The molecule has 174 valence electrons. The first kappa shape index (κ1) is 22.1. The summed E-state index contributed by atoms with van der Waals surface area (Å²) >= 11 is 0. The van der Waals surface area contributed by atoms with Crippen molar-refractivity contribution >= 4 is 40.2 Å². The van der Waals surface area contributed by atoms with Crippen LogP contribution in [0.5, 0.6) is 0 Å². The molecule has 1 unspecified atom stereocenters. The summed E-state index contributed by atoms with van der Waals surface area (Å²) in [6.45, 7) is 1.45. The van der Waals surface area contributed by atoms with Crippen molar-refractivity contribution in [1.82, 2.24) is 4.90 Å². The van der Waals surface area contributed by atoms with Crippen LogP contribution in [0.3, 0.4) is 0 Å². The predicted octanol–water partition coefficient (Wildman–Crippen LogP) is 4.41. The topological polar surface area (TPSA) is 106 Å². The summed E-state index contributed by atoms with van der Waals surface area (Å²) in [5.74, 6) is -1.81. The van der Waals surface area contributed by atoms with E-state index in [1.165, 1.54) is 31.4 Å². The van der Waals surface area contributed by atoms with Gasteiger partial charge in [-0.15, -0.1) is 0 Å². The van der Waals surface area contributed by atoms with E-state index in [0.29, 0.717) is 11.4 Å². The van der Waals surface area contributed by atoms with Gasteiger partial charge in [-0.05, 0) is 60.2 Å². The number of hydrogen-bond donors (Lipinski definition) is 1. The highest BCUT2D eigenvalue weighted by molar-refractivity contribution is 6.21. The Balaban J connectivity index is 1.26. The van der Waals surface area contributed by atoms with Crippen LogP contribution in [0.4, 0.5) is 5.69 Å². The fourth-order valence-corrected chi connectivity index (χ4v) is 3.91. The molecule has 1 atom stereocenters. The van der Waals surface area contributed by atoms with Crippen LogP contribution in [0.1, 0.15) is 43.8 Å². The first-order chi connectivity index (χ1) is 16.9. The number of fused-ring (bicyclic) bond motifs is 2. The molecule has 0 fully saturated rings. The van der Waals surface area contributed by atoms with Crippen molar-refractivity contribution in [1.29, 1.82) is 0 Å². The molecule has 2 heterocycles. The predicted molar refractivity (Wildman–Crippen MR) is 127 cm³/mol. The summed E-state index contributed by atoms with van der Waals surface area (Å²) in [6, 6.07) is 20.7. The fourth-order valence-electron chi connectivity index (χ4n) is 3.91. The number of nitrogens with zero attached hydrogens (tertiary/aromatic N) is 1. The van der Waals surface area contributed by atoms with Crippen molar-refractivity contribution in [3.05, 3.63) is 102 Å². The first-order valence-electron chi connectivity index (χ1n) is 10.9. The number of furan rings is 1. The van der Waals surface area contributed by atoms with Crippen LogP contribution in [-0.4, -0.2) is 34.7 Å². The molecule has 3 amide bonds. The van der Waals surface area contributed by atoms with Gasteiger partial charge in [0, 0.05) is 5.69 Å². The minimum Gasteiger partial charge on any atom is -0.467 e. The Labute approximate surface area is 200 Å². The van der Waals surface area contributed by atoms with Crippen LogP contribution in [0, 0.1) is 0 Å². The average molecular weight is 468 g/mol.